The van der Waals surface area contributed by atoms with Crippen molar-refractivity contribution in [1.29, 1.82) is 0 Å². The molecule has 4 heteroatoms. The third kappa shape index (κ3) is 3.16. The number of carbonyl (C=O) groups is 1. The Bertz CT molecular complexity index is 440. The van der Waals surface area contributed by atoms with Crippen LogP contribution in [0.5, 0.6) is 11.5 Å². The van der Waals surface area contributed by atoms with Crippen molar-refractivity contribution in [3.8, 4) is 11.5 Å². The van der Waals surface area contributed by atoms with Crippen LogP contribution in [0.15, 0.2) is 18.2 Å². The van der Waals surface area contributed by atoms with Crippen LogP contribution in [0.1, 0.15) is 25.8 Å². The van der Waals surface area contributed by atoms with Gasteiger partial charge in [-0.25, -0.2) is 0 Å². The van der Waals surface area contributed by atoms with Crippen molar-refractivity contribution in [3.05, 3.63) is 23.8 Å². The van der Waals surface area contributed by atoms with Gasteiger partial charge >= 0.3 is 0 Å². The smallest absolute Gasteiger partial charge is 0.231 e. The van der Waals surface area contributed by atoms with E-state index in [0.29, 0.717) is 6.42 Å². The summed E-state index contributed by atoms with van der Waals surface area (Å²) in [5.74, 6) is 1.58. The van der Waals surface area contributed by atoms with Gasteiger partial charge in [0.2, 0.25) is 6.79 Å². The van der Waals surface area contributed by atoms with Crippen LogP contribution in [0.3, 0.4) is 0 Å². The lowest BCUT2D eigenvalue weighted by molar-refractivity contribution is -0.112. The number of benzene rings is 1. The molecule has 1 aromatic carbocycles. The molecule has 1 aliphatic heterocycles. The van der Waals surface area contributed by atoms with Crippen LogP contribution in [0.2, 0.25) is 0 Å². The highest BCUT2D eigenvalue weighted by Crippen LogP contribution is 2.35. The first kappa shape index (κ1) is 12.3. The third-order valence-corrected chi connectivity index (χ3v) is 2.91. The van der Waals surface area contributed by atoms with Crippen LogP contribution in [0.25, 0.3) is 0 Å². The summed E-state index contributed by atoms with van der Waals surface area (Å²) in [5.41, 5.74) is 1.06. The molecule has 1 aliphatic rings. The molecule has 0 aromatic heterocycles. The second kappa shape index (κ2) is 4.61. The van der Waals surface area contributed by atoms with Crippen LogP contribution in [-0.4, -0.2) is 11.9 Å². The Hall–Kier alpha value is -1.16. The van der Waals surface area contributed by atoms with Gasteiger partial charge in [0.25, 0.3) is 0 Å². The monoisotopic (exact) mass is 252 g/mol. The molecule has 0 saturated carbocycles. The molecule has 17 heavy (non-hydrogen) atoms. The molecule has 0 N–H and O–H groups in total. The lowest BCUT2D eigenvalue weighted by atomic mass is 9.83. The minimum Gasteiger partial charge on any atom is -0.454 e. The average molecular weight is 252 g/mol. The van der Waals surface area contributed by atoms with Crippen molar-refractivity contribution in [3.63, 3.8) is 0 Å². The van der Waals surface area contributed by atoms with E-state index in [1.54, 1.807) is 0 Å². The van der Waals surface area contributed by atoms with Gasteiger partial charge < -0.3 is 9.47 Å². The topological polar surface area (TPSA) is 35.5 Å². The Morgan fingerprint density at radius 1 is 1.35 bits per heavy atom. The van der Waals surface area contributed by atoms with Gasteiger partial charge in [0.1, 0.15) is 0 Å². The zero-order valence-electron chi connectivity index (χ0n) is 10.0. The number of hydrogen-bond donors (Lipinski definition) is 1. The maximum absolute atomic E-state index is 11.1. The van der Waals surface area contributed by atoms with Crippen molar-refractivity contribution >= 4 is 17.7 Å². The Kier molecular flexibility index (Phi) is 3.33. The van der Waals surface area contributed by atoms with Gasteiger partial charge in [-0.1, -0.05) is 19.9 Å². The number of hydrogen-bond acceptors (Lipinski definition) is 3. The maximum Gasteiger partial charge on any atom is 0.231 e. The predicted octanol–water partition coefficient (Wildman–Crippen LogP) is 2.83. The molecular weight excluding hydrogens is 236 g/mol. The van der Waals surface area contributed by atoms with E-state index >= 15 is 0 Å². The molecule has 0 fully saturated rings. The van der Waals surface area contributed by atoms with Gasteiger partial charge in [-0.3, -0.25) is 4.79 Å². The summed E-state index contributed by atoms with van der Waals surface area (Å²) < 4.78 is 10.6. The minimum atomic E-state index is -0.0907. The Balaban J connectivity index is 2.11. The largest absolute Gasteiger partial charge is 0.454 e. The lowest BCUT2D eigenvalue weighted by Gasteiger charge is -2.22. The van der Waals surface area contributed by atoms with Gasteiger partial charge in [0, 0.05) is 6.42 Å². The summed E-state index contributed by atoms with van der Waals surface area (Å²) in [6, 6.07) is 5.90. The molecule has 0 amide bonds. The lowest BCUT2D eigenvalue weighted by Crippen LogP contribution is -2.17. The van der Waals surface area contributed by atoms with Gasteiger partial charge in [-0.15, -0.1) is 12.6 Å². The van der Waals surface area contributed by atoms with Crippen molar-refractivity contribution < 1.29 is 14.3 Å². The summed E-state index contributed by atoms with van der Waals surface area (Å²) in [6.45, 7) is 4.41. The second-order valence-corrected chi connectivity index (χ2v) is 5.60. The molecule has 0 unspecified atom stereocenters. The molecule has 1 heterocycles. The molecule has 0 aliphatic carbocycles. The molecular formula is C13H16O3S. The highest BCUT2D eigenvalue weighted by Gasteiger charge is 2.22. The molecule has 0 bridgehead atoms. The average Bonchev–Trinajstić information content (AvgIpc) is 2.61. The number of thiol groups is 1. The van der Waals surface area contributed by atoms with Gasteiger partial charge in [0.15, 0.2) is 16.6 Å². The van der Waals surface area contributed by atoms with Crippen LogP contribution in [-0.2, 0) is 11.2 Å². The van der Waals surface area contributed by atoms with Crippen LogP contribution < -0.4 is 9.47 Å². The summed E-state index contributed by atoms with van der Waals surface area (Å²) in [7, 11) is 0. The zero-order valence-corrected chi connectivity index (χ0v) is 10.9. The fourth-order valence-electron chi connectivity index (χ4n) is 2.08. The minimum absolute atomic E-state index is 0.0734. The van der Waals surface area contributed by atoms with E-state index in [-0.39, 0.29) is 17.3 Å². The van der Waals surface area contributed by atoms with Gasteiger partial charge in [-0.2, -0.15) is 0 Å². The van der Waals surface area contributed by atoms with E-state index in [4.69, 9.17) is 9.47 Å². The molecule has 2 rings (SSSR count). The molecule has 3 nitrogen and oxygen atoms in total. The van der Waals surface area contributed by atoms with E-state index < -0.39 is 0 Å². The van der Waals surface area contributed by atoms with E-state index in [9.17, 15) is 4.79 Å². The summed E-state index contributed by atoms with van der Waals surface area (Å²) in [5, 5.41) is -0.0734. The molecule has 0 radical (unpaired) electrons. The van der Waals surface area contributed by atoms with Crippen molar-refractivity contribution in [1.82, 2.24) is 0 Å². The Morgan fingerprint density at radius 3 is 2.76 bits per heavy atom. The second-order valence-electron chi connectivity index (χ2n) is 5.10. The third-order valence-electron chi connectivity index (χ3n) is 2.75. The van der Waals surface area contributed by atoms with Crippen LogP contribution in [0.4, 0.5) is 0 Å². The van der Waals surface area contributed by atoms with E-state index in [1.807, 2.05) is 18.2 Å². The predicted molar refractivity (Wildman–Crippen MR) is 68.7 cm³/mol. The van der Waals surface area contributed by atoms with Gasteiger partial charge in [0.05, 0.1) is 0 Å². The van der Waals surface area contributed by atoms with E-state index in [1.165, 1.54) is 0 Å². The number of ether oxygens (including phenoxy) is 2. The number of fused-ring (bicyclic) bond motifs is 1. The quantitative estimate of drug-likeness (QED) is 0.837. The molecule has 92 valence electrons. The zero-order chi connectivity index (χ0) is 12.5. The fourth-order valence-corrected chi connectivity index (χ4v) is 2.50. The maximum atomic E-state index is 11.1. The molecule has 0 atom stereocenters. The van der Waals surface area contributed by atoms with E-state index in [2.05, 4.69) is 26.5 Å². The molecule has 1 aromatic rings. The van der Waals surface area contributed by atoms with Crippen LogP contribution >= 0.6 is 12.6 Å². The van der Waals surface area contributed by atoms with E-state index in [0.717, 1.165) is 23.5 Å². The Labute approximate surface area is 107 Å². The first-order valence-electron chi connectivity index (χ1n) is 5.57. The summed E-state index contributed by atoms with van der Waals surface area (Å²) in [4.78, 5) is 11.1. The van der Waals surface area contributed by atoms with Crippen molar-refractivity contribution in [2.24, 2.45) is 5.41 Å². The molecule has 0 spiro atoms. The summed E-state index contributed by atoms with van der Waals surface area (Å²) >= 11 is 3.84. The standard InChI is InChI=1S/C13H16O3S/c1-13(2,7-12(14)17)6-9-3-4-10-11(5-9)16-8-15-10/h3-5H,6-8H2,1-2H3,(H,14,17). The SMILES string of the molecule is CC(C)(CC(=O)S)Cc1ccc2c(c1)OCO2. The van der Waals surface area contributed by atoms with Crippen molar-refractivity contribution in [2.75, 3.05) is 6.79 Å². The van der Waals surface area contributed by atoms with Gasteiger partial charge in [-0.05, 0) is 29.5 Å². The Morgan fingerprint density at radius 2 is 2.06 bits per heavy atom. The van der Waals surface area contributed by atoms with Crippen LogP contribution in [0, 0.1) is 5.41 Å². The highest BCUT2D eigenvalue weighted by molar-refractivity contribution is 7.96. The first-order valence-corrected chi connectivity index (χ1v) is 6.01. The van der Waals surface area contributed by atoms with Crippen molar-refractivity contribution in [2.45, 2.75) is 26.7 Å². The summed E-state index contributed by atoms with van der Waals surface area (Å²) in [6.07, 6.45) is 1.28. The number of carbonyl (C=O) groups excluding carboxylic acids is 1. The molecule has 0 saturated heterocycles. The fraction of sp³-hybridized carbons (Fsp3) is 0.462. The first-order chi connectivity index (χ1) is 7.96. The normalized spacial score (nSPS) is 13.8. The number of rotatable bonds is 4. The highest BCUT2D eigenvalue weighted by atomic mass is 32.1.